The number of amides is 1. The van der Waals surface area contributed by atoms with Crippen molar-refractivity contribution in [3.05, 3.63) is 23.8 Å². The SMILES string of the molecule is CCCCOC(=O)COc1cc(OC)cc(C(N)=O)c1. The predicted octanol–water partition coefficient (Wildman–Crippen LogP) is 1.52. The number of unbranched alkanes of at least 4 members (excludes halogenated alkanes) is 1. The molecule has 0 aromatic heterocycles. The molecule has 0 unspecified atom stereocenters. The van der Waals surface area contributed by atoms with E-state index in [0.29, 0.717) is 18.1 Å². The summed E-state index contributed by atoms with van der Waals surface area (Å²) in [6.07, 6.45) is 1.77. The Morgan fingerprint density at radius 3 is 2.50 bits per heavy atom. The topological polar surface area (TPSA) is 87.8 Å². The standard InChI is InChI=1S/C14H19NO5/c1-3-4-5-19-13(16)9-20-12-7-10(14(15)17)6-11(8-12)18-2/h6-8H,3-5,9H2,1-2H3,(H2,15,17). The number of primary amides is 1. The summed E-state index contributed by atoms with van der Waals surface area (Å²) in [5.41, 5.74) is 5.45. The lowest BCUT2D eigenvalue weighted by molar-refractivity contribution is -0.146. The lowest BCUT2D eigenvalue weighted by Gasteiger charge is -2.09. The van der Waals surface area contributed by atoms with E-state index in [2.05, 4.69) is 0 Å². The third-order valence-electron chi connectivity index (χ3n) is 2.52. The van der Waals surface area contributed by atoms with Crippen molar-refractivity contribution < 1.29 is 23.8 Å². The number of carbonyl (C=O) groups excluding carboxylic acids is 2. The van der Waals surface area contributed by atoms with Crippen LogP contribution in [0.4, 0.5) is 0 Å². The van der Waals surface area contributed by atoms with Gasteiger partial charge in [-0.15, -0.1) is 0 Å². The van der Waals surface area contributed by atoms with E-state index < -0.39 is 11.9 Å². The maximum Gasteiger partial charge on any atom is 0.344 e. The van der Waals surface area contributed by atoms with Gasteiger partial charge in [-0.2, -0.15) is 0 Å². The number of ether oxygens (including phenoxy) is 3. The van der Waals surface area contributed by atoms with Gasteiger partial charge in [-0.1, -0.05) is 13.3 Å². The van der Waals surface area contributed by atoms with E-state index >= 15 is 0 Å². The molecule has 110 valence electrons. The fourth-order valence-electron chi connectivity index (χ4n) is 1.43. The van der Waals surface area contributed by atoms with Crippen LogP contribution >= 0.6 is 0 Å². The maximum atomic E-state index is 11.4. The van der Waals surface area contributed by atoms with Crippen molar-refractivity contribution in [2.24, 2.45) is 5.73 Å². The van der Waals surface area contributed by atoms with Crippen molar-refractivity contribution in [1.82, 2.24) is 0 Å². The summed E-state index contributed by atoms with van der Waals surface area (Å²) in [6.45, 7) is 2.16. The third kappa shape index (κ3) is 5.17. The van der Waals surface area contributed by atoms with E-state index in [-0.39, 0.29) is 12.2 Å². The quantitative estimate of drug-likeness (QED) is 0.576. The minimum atomic E-state index is -0.598. The largest absolute Gasteiger partial charge is 0.497 e. The second-order valence-corrected chi connectivity index (χ2v) is 4.12. The van der Waals surface area contributed by atoms with Crippen molar-refractivity contribution in [3.8, 4) is 11.5 Å². The van der Waals surface area contributed by atoms with Crippen LogP contribution in [0.15, 0.2) is 18.2 Å². The first-order valence-electron chi connectivity index (χ1n) is 6.34. The smallest absolute Gasteiger partial charge is 0.344 e. The van der Waals surface area contributed by atoms with Gasteiger partial charge in [0.05, 0.1) is 13.7 Å². The van der Waals surface area contributed by atoms with Crippen LogP contribution in [-0.4, -0.2) is 32.2 Å². The predicted molar refractivity (Wildman–Crippen MR) is 72.9 cm³/mol. The fourth-order valence-corrected chi connectivity index (χ4v) is 1.43. The summed E-state index contributed by atoms with van der Waals surface area (Å²) in [4.78, 5) is 22.5. The molecular formula is C14H19NO5. The molecule has 6 heteroatoms. The number of carbonyl (C=O) groups is 2. The minimum Gasteiger partial charge on any atom is -0.497 e. The molecule has 0 aliphatic carbocycles. The Labute approximate surface area is 117 Å². The lowest BCUT2D eigenvalue weighted by atomic mass is 10.2. The van der Waals surface area contributed by atoms with Gasteiger partial charge in [0.1, 0.15) is 11.5 Å². The van der Waals surface area contributed by atoms with Crippen LogP contribution in [0.25, 0.3) is 0 Å². The van der Waals surface area contributed by atoms with Crippen LogP contribution in [0.5, 0.6) is 11.5 Å². The lowest BCUT2D eigenvalue weighted by Crippen LogP contribution is -2.16. The van der Waals surface area contributed by atoms with Gasteiger partial charge in [0.25, 0.3) is 0 Å². The van der Waals surface area contributed by atoms with E-state index in [1.807, 2.05) is 6.92 Å². The normalized spacial score (nSPS) is 9.90. The van der Waals surface area contributed by atoms with E-state index in [1.54, 1.807) is 6.07 Å². The van der Waals surface area contributed by atoms with Crippen molar-refractivity contribution >= 4 is 11.9 Å². The molecule has 0 saturated carbocycles. The maximum absolute atomic E-state index is 11.4. The zero-order chi connectivity index (χ0) is 15.0. The van der Waals surface area contributed by atoms with Gasteiger partial charge < -0.3 is 19.9 Å². The number of methoxy groups -OCH3 is 1. The molecule has 1 aromatic rings. The number of hydrogen-bond acceptors (Lipinski definition) is 5. The highest BCUT2D eigenvalue weighted by Gasteiger charge is 2.09. The molecule has 20 heavy (non-hydrogen) atoms. The molecule has 0 aliphatic rings. The van der Waals surface area contributed by atoms with Crippen LogP contribution < -0.4 is 15.2 Å². The van der Waals surface area contributed by atoms with E-state index in [1.165, 1.54) is 19.2 Å². The Morgan fingerprint density at radius 2 is 1.90 bits per heavy atom. The third-order valence-corrected chi connectivity index (χ3v) is 2.52. The van der Waals surface area contributed by atoms with Crippen molar-refractivity contribution in [2.45, 2.75) is 19.8 Å². The van der Waals surface area contributed by atoms with E-state index in [9.17, 15) is 9.59 Å². The number of rotatable bonds is 8. The number of esters is 1. The van der Waals surface area contributed by atoms with Gasteiger partial charge in [0, 0.05) is 11.6 Å². The van der Waals surface area contributed by atoms with Gasteiger partial charge in [-0.05, 0) is 18.6 Å². The summed E-state index contributed by atoms with van der Waals surface area (Å²) in [5.74, 6) is -0.303. The van der Waals surface area contributed by atoms with Crippen LogP contribution in [-0.2, 0) is 9.53 Å². The molecule has 2 N–H and O–H groups in total. The molecule has 0 heterocycles. The second kappa shape index (κ2) is 8.04. The van der Waals surface area contributed by atoms with Crippen molar-refractivity contribution in [2.75, 3.05) is 20.3 Å². The zero-order valence-corrected chi connectivity index (χ0v) is 11.7. The van der Waals surface area contributed by atoms with Gasteiger partial charge in [-0.25, -0.2) is 4.79 Å². The van der Waals surface area contributed by atoms with E-state index in [4.69, 9.17) is 19.9 Å². The molecule has 1 amide bonds. The summed E-state index contributed by atoms with van der Waals surface area (Å²) in [5, 5.41) is 0. The Morgan fingerprint density at radius 1 is 1.20 bits per heavy atom. The first-order chi connectivity index (χ1) is 9.56. The molecule has 1 rings (SSSR count). The first kappa shape index (κ1) is 15.8. The average molecular weight is 281 g/mol. The average Bonchev–Trinajstić information content (AvgIpc) is 2.45. The number of benzene rings is 1. The van der Waals surface area contributed by atoms with Crippen molar-refractivity contribution in [3.63, 3.8) is 0 Å². The number of nitrogens with two attached hydrogens (primary N) is 1. The van der Waals surface area contributed by atoms with Crippen LogP contribution in [0.3, 0.4) is 0 Å². The highest BCUT2D eigenvalue weighted by Crippen LogP contribution is 2.22. The molecule has 0 aliphatic heterocycles. The molecule has 1 aromatic carbocycles. The number of hydrogen-bond donors (Lipinski definition) is 1. The fraction of sp³-hybridized carbons (Fsp3) is 0.429. The molecule has 6 nitrogen and oxygen atoms in total. The van der Waals surface area contributed by atoms with Gasteiger partial charge in [-0.3, -0.25) is 4.79 Å². The molecule has 0 radical (unpaired) electrons. The van der Waals surface area contributed by atoms with Gasteiger partial charge in [0.2, 0.25) is 5.91 Å². The molecule has 0 spiro atoms. The first-order valence-corrected chi connectivity index (χ1v) is 6.34. The van der Waals surface area contributed by atoms with Gasteiger partial charge in [0.15, 0.2) is 6.61 Å². The van der Waals surface area contributed by atoms with Crippen molar-refractivity contribution in [1.29, 1.82) is 0 Å². The van der Waals surface area contributed by atoms with Crippen LogP contribution in [0.2, 0.25) is 0 Å². The Hall–Kier alpha value is -2.24. The monoisotopic (exact) mass is 281 g/mol. The zero-order valence-electron chi connectivity index (χ0n) is 11.7. The summed E-state index contributed by atoms with van der Waals surface area (Å²) < 4.78 is 15.2. The second-order valence-electron chi connectivity index (χ2n) is 4.12. The van der Waals surface area contributed by atoms with Crippen LogP contribution in [0.1, 0.15) is 30.1 Å². The Kier molecular flexibility index (Phi) is 6.36. The Balaban J connectivity index is 2.60. The highest BCUT2D eigenvalue weighted by atomic mass is 16.6. The molecule has 0 saturated heterocycles. The molecule has 0 bridgehead atoms. The summed E-state index contributed by atoms with van der Waals surface area (Å²) in [6, 6.07) is 4.50. The van der Waals surface area contributed by atoms with Gasteiger partial charge >= 0.3 is 5.97 Å². The molecular weight excluding hydrogens is 262 g/mol. The summed E-state index contributed by atoms with van der Waals surface area (Å²) in [7, 11) is 1.46. The highest BCUT2D eigenvalue weighted by molar-refractivity contribution is 5.93. The summed E-state index contributed by atoms with van der Waals surface area (Å²) >= 11 is 0. The minimum absolute atomic E-state index is 0.227. The van der Waals surface area contributed by atoms with Crippen LogP contribution in [0, 0.1) is 0 Å². The van der Waals surface area contributed by atoms with E-state index in [0.717, 1.165) is 12.8 Å². The molecule has 0 fully saturated rings. The molecule has 0 atom stereocenters. The Bertz CT molecular complexity index is 473.